The van der Waals surface area contributed by atoms with Gasteiger partial charge in [-0.1, -0.05) is 44.4 Å². The predicted molar refractivity (Wildman–Crippen MR) is 85.3 cm³/mol. The first-order valence-electron chi connectivity index (χ1n) is 8.08. The Hall–Kier alpha value is -1.02. The Balaban J connectivity index is 1.92. The van der Waals surface area contributed by atoms with Crippen LogP contribution in [0.5, 0.6) is 5.75 Å². The van der Waals surface area contributed by atoms with Crippen molar-refractivity contribution in [2.45, 2.75) is 64.5 Å². The van der Waals surface area contributed by atoms with Crippen molar-refractivity contribution in [2.24, 2.45) is 5.92 Å². The van der Waals surface area contributed by atoms with Crippen LogP contribution in [0.15, 0.2) is 24.3 Å². The van der Waals surface area contributed by atoms with Gasteiger partial charge >= 0.3 is 0 Å². The molecule has 1 fully saturated rings. The van der Waals surface area contributed by atoms with Crippen LogP contribution in [0.25, 0.3) is 0 Å². The van der Waals surface area contributed by atoms with Crippen molar-refractivity contribution in [1.29, 1.82) is 0 Å². The van der Waals surface area contributed by atoms with Crippen molar-refractivity contribution in [3.05, 3.63) is 29.8 Å². The highest BCUT2D eigenvalue weighted by Gasteiger charge is 2.21. The lowest BCUT2D eigenvalue weighted by atomic mass is 9.95. The van der Waals surface area contributed by atoms with Gasteiger partial charge in [0.05, 0.1) is 7.11 Å². The normalized spacial score (nSPS) is 24.9. The van der Waals surface area contributed by atoms with Gasteiger partial charge in [0, 0.05) is 12.1 Å². The van der Waals surface area contributed by atoms with E-state index in [1.54, 1.807) is 7.11 Å². The van der Waals surface area contributed by atoms with E-state index < -0.39 is 0 Å². The number of rotatable bonds is 5. The maximum absolute atomic E-state index is 5.45. The zero-order valence-electron chi connectivity index (χ0n) is 13.2. The summed E-state index contributed by atoms with van der Waals surface area (Å²) in [7, 11) is 1.75. The molecule has 1 aromatic rings. The Bertz CT molecular complexity index is 404. The molecule has 0 amide bonds. The molecule has 1 aliphatic carbocycles. The molecule has 2 rings (SSSR count). The van der Waals surface area contributed by atoms with E-state index in [0.29, 0.717) is 12.1 Å². The monoisotopic (exact) mass is 275 g/mol. The van der Waals surface area contributed by atoms with Gasteiger partial charge in [0.25, 0.3) is 0 Å². The van der Waals surface area contributed by atoms with Gasteiger partial charge in [0.2, 0.25) is 0 Å². The number of hydrogen-bond donors (Lipinski definition) is 1. The van der Waals surface area contributed by atoms with E-state index in [1.807, 2.05) is 6.07 Å². The largest absolute Gasteiger partial charge is 0.496 e. The Kier molecular flexibility index (Phi) is 5.90. The third-order valence-electron chi connectivity index (χ3n) is 4.58. The molecule has 0 aromatic heterocycles. The maximum atomic E-state index is 5.45. The molecule has 0 heterocycles. The highest BCUT2D eigenvalue weighted by atomic mass is 16.5. The van der Waals surface area contributed by atoms with Crippen LogP contribution in [0.3, 0.4) is 0 Å². The fraction of sp³-hybridized carbons (Fsp3) is 0.667. The van der Waals surface area contributed by atoms with Crippen LogP contribution in [-0.2, 0) is 6.42 Å². The van der Waals surface area contributed by atoms with E-state index in [1.165, 1.54) is 37.7 Å². The molecular formula is C18H29NO. The summed E-state index contributed by atoms with van der Waals surface area (Å²) in [6.45, 7) is 4.70. The van der Waals surface area contributed by atoms with Gasteiger partial charge in [-0.3, -0.25) is 0 Å². The lowest BCUT2D eigenvalue weighted by Crippen LogP contribution is -2.41. The molecule has 0 radical (unpaired) electrons. The van der Waals surface area contributed by atoms with E-state index >= 15 is 0 Å². The Morgan fingerprint density at radius 3 is 2.75 bits per heavy atom. The summed E-state index contributed by atoms with van der Waals surface area (Å²) in [4.78, 5) is 0. The van der Waals surface area contributed by atoms with Crippen LogP contribution in [0, 0.1) is 5.92 Å². The van der Waals surface area contributed by atoms with E-state index in [2.05, 4.69) is 37.4 Å². The molecule has 2 nitrogen and oxygen atoms in total. The third-order valence-corrected chi connectivity index (χ3v) is 4.58. The van der Waals surface area contributed by atoms with Crippen LogP contribution in [0.4, 0.5) is 0 Å². The third kappa shape index (κ3) is 4.24. The lowest BCUT2D eigenvalue weighted by Gasteiger charge is -2.27. The van der Waals surface area contributed by atoms with Crippen LogP contribution >= 0.6 is 0 Å². The number of nitrogens with one attached hydrogen (secondary N) is 1. The number of benzene rings is 1. The molecule has 0 aliphatic heterocycles. The smallest absolute Gasteiger partial charge is 0.122 e. The van der Waals surface area contributed by atoms with E-state index in [4.69, 9.17) is 4.74 Å². The van der Waals surface area contributed by atoms with Gasteiger partial charge in [-0.15, -0.1) is 0 Å². The van der Waals surface area contributed by atoms with Gasteiger partial charge in [-0.25, -0.2) is 0 Å². The molecule has 0 saturated heterocycles. The molecule has 0 spiro atoms. The molecule has 1 aliphatic rings. The summed E-state index contributed by atoms with van der Waals surface area (Å²) in [5.41, 5.74) is 1.30. The zero-order chi connectivity index (χ0) is 14.4. The molecule has 112 valence electrons. The average Bonchev–Trinajstić information content (AvgIpc) is 2.65. The Morgan fingerprint density at radius 1 is 1.20 bits per heavy atom. The second-order valence-electron chi connectivity index (χ2n) is 6.31. The SMILES string of the molecule is COc1ccccc1CC(C)NC1CCCCCC1C. The zero-order valence-corrected chi connectivity index (χ0v) is 13.2. The minimum atomic E-state index is 0.497. The standard InChI is InChI=1S/C18H29NO/c1-14-9-5-4-6-11-17(14)19-15(2)13-16-10-7-8-12-18(16)20-3/h7-8,10,12,14-15,17,19H,4-6,9,11,13H2,1-3H3. The minimum Gasteiger partial charge on any atom is -0.496 e. The molecule has 2 heteroatoms. The van der Waals surface area contributed by atoms with Gasteiger partial charge in [0.1, 0.15) is 5.75 Å². The fourth-order valence-electron chi connectivity index (χ4n) is 3.37. The highest BCUT2D eigenvalue weighted by Crippen LogP contribution is 2.24. The Labute approximate surface area is 123 Å². The van der Waals surface area contributed by atoms with Gasteiger partial charge < -0.3 is 10.1 Å². The molecular weight excluding hydrogens is 246 g/mol. The van der Waals surface area contributed by atoms with Crippen molar-refractivity contribution in [1.82, 2.24) is 5.32 Å². The van der Waals surface area contributed by atoms with Crippen LogP contribution in [0.2, 0.25) is 0 Å². The van der Waals surface area contributed by atoms with Crippen LogP contribution in [-0.4, -0.2) is 19.2 Å². The molecule has 3 atom stereocenters. The van der Waals surface area contributed by atoms with Crippen LogP contribution < -0.4 is 10.1 Å². The van der Waals surface area contributed by atoms with Gasteiger partial charge in [-0.05, 0) is 43.7 Å². The predicted octanol–water partition coefficient (Wildman–Crippen LogP) is 4.18. The first kappa shape index (κ1) is 15.4. The van der Waals surface area contributed by atoms with Gasteiger partial charge in [0.15, 0.2) is 0 Å². The first-order valence-corrected chi connectivity index (χ1v) is 8.08. The highest BCUT2D eigenvalue weighted by molar-refractivity contribution is 5.33. The lowest BCUT2D eigenvalue weighted by molar-refractivity contribution is 0.324. The van der Waals surface area contributed by atoms with Crippen molar-refractivity contribution in [3.63, 3.8) is 0 Å². The molecule has 0 bridgehead atoms. The van der Waals surface area contributed by atoms with Crippen molar-refractivity contribution in [3.8, 4) is 5.75 Å². The first-order chi connectivity index (χ1) is 9.70. The number of methoxy groups -OCH3 is 1. The second-order valence-corrected chi connectivity index (χ2v) is 6.31. The van der Waals surface area contributed by atoms with E-state index in [-0.39, 0.29) is 0 Å². The summed E-state index contributed by atoms with van der Waals surface area (Å²) in [5, 5.41) is 3.85. The van der Waals surface area contributed by atoms with Crippen molar-refractivity contribution >= 4 is 0 Å². The summed E-state index contributed by atoms with van der Waals surface area (Å²) in [6.07, 6.45) is 7.93. The minimum absolute atomic E-state index is 0.497. The number of para-hydroxylation sites is 1. The van der Waals surface area contributed by atoms with E-state index in [0.717, 1.165) is 18.1 Å². The number of ether oxygens (including phenoxy) is 1. The quantitative estimate of drug-likeness (QED) is 0.814. The van der Waals surface area contributed by atoms with E-state index in [9.17, 15) is 0 Å². The summed E-state index contributed by atoms with van der Waals surface area (Å²) in [5.74, 6) is 1.81. The summed E-state index contributed by atoms with van der Waals surface area (Å²) in [6, 6.07) is 9.54. The Morgan fingerprint density at radius 2 is 1.95 bits per heavy atom. The van der Waals surface area contributed by atoms with Gasteiger partial charge in [-0.2, -0.15) is 0 Å². The summed E-state index contributed by atoms with van der Waals surface area (Å²) >= 11 is 0. The molecule has 1 N–H and O–H groups in total. The molecule has 3 unspecified atom stereocenters. The second kappa shape index (κ2) is 7.68. The van der Waals surface area contributed by atoms with Crippen molar-refractivity contribution in [2.75, 3.05) is 7.11 Å². The molecule has 1 saturated carbocycles. The maximum Gasteiger partial charge on any atom is 0.122 e. The topological polar surface area (TPSA) is 21.3 Å². The van der Waals surface area contributed by atoms with Crippen molar-refractivity contribution < 1.29 is 4.74 Å². The molecule has 20 heavy (non-hydrogen) atoms. The molecule has 1 aromatic carbocycles. The average molecular weight is 275 g/mol. The summed E-state index contributed by atoms with van der Waals surface area (Å²) < 4.78 is 5.45. The van der Waals surface area contributed by atoms with Crippen LogP contribution in [0.1, 0.15) is 51.5 Å². The number of hydrogen-bond acceptors (Lipinski definition) is 2. The fourth-order valence-corrected chi connectivity index (χ4v) is 3.37.